The Morgan fingerprint density at radius 2 is 1.94 bits per heavy atom. The summed E-state index contributed by atoms with van der Waals surface area (Å²) in [5.74, 6) is 0.463. The van der Waals surface area contributed by atoms with E-state index in [1.165, 1.54) is 24.3 Å². The number of nitrogens with one attached hydrogen (secondary N) is 1. The van der Waals surface area contributed by atoms with Crippen molar-refractivity contribution in [2.24, 2.45) is 0 Å². The standard InChI is InChI=1S/C8H8N2O4.C2H6/c11-5-9-6-14-8-3-1-7(2-4-8)10(12)13;1-2/h1-5H,6H2,(H,9,11);1-2H3. The lowest BCUT2D eigenvalue weighted by Gasteiger charge is -2.03. The molecule has 1 rings (SSSR count). The first-order chi connectivity index (χ1) is 7.74. The average molecular weight is 226 g/mol. The van der Waals surface area contributed by atoms with Gasteiger partial charge in [0, 0.05) is 12.1 Å². The Morgan fingerprint density at radius 1 is 1.38 bits per heavy atom. The van der Waals surface area contributed by atoms with Gasteiger partial charge >= 0.3 is 0 Å². The number of nitro groups is 1. The number of carbonyl (C=O) groups excluding carboxylic acids is 1. The second-order valence-electron chi connectivity index (χ2n) is 2.36. The van der Waals surface area contributed by atoms with Crippen molar-refractivity contribution in [2.75, 3.05) is 6.73 Å². The van der Waals surface area contributed by atoms with Crippen molar-refractivity contribution < 1.29 is 14.5 Å². The minimum Gasteiger partial charge on any atom is -0.473 e. The minimum absolute atomic E-state index is 0.000645. The van der Waals surface area contributed by atoms with Crippen LogP contribution in [0.15, 0.2) is 24.3 Å². The van der Waals surface area contributed by atoms with Crippen LogP contribution < -0.4 is 10.1 Å². The quantitative estimate of drug-likeness (QED) is 0.272. The molecule has 0 bridgehead atoms. The van der Waals surface area contributed by atoms with Crippen LogP contribution in [0, 0.1) is 10.1 Å². The number of carbonyl (C=O) groups is 1. The fourth-order valence-corrected chi connectivity index (χ4v) is 0.823. The molecule has 0 unspecified atom stereocenters. The largest absolute Gasteiger partial charge is 0.473 e. The molecule has 0 saturated heterocycles. The maximum Gasteiger partial charge on any atom is 0.269 e. The lowest BCUT2D eigenvalue weighted by Crippen LogP contribution is -2.17. The van der Waals surface area contributed by atoms with E-state index in [0.717, 1.165) is 0 Å². The highest BCUT2D eigenvalue weighted by Gasteiger charge is 2.03. The Balaban J connectivity index is 0.00000106. The lowest BCUT2D eigenvalue weighted by molar-refractivity contribution is -0.384. The van der Waals surface area contributed by atoms with Gasteiger partial charge in [-0.1, -0.05) is 13.8 Å². The molecule has 0 aliphatic heterocycles. The zero-order chi connectivity index (χ0) is 12.4. The Kier molecular flexibility index (Phi) is 7.14. The smallest absolute Gasteiger partial charge is 0.269 e. The predicted octanol–water partition coefficient (Wildman–Crippen LogP) is 1.70. The van der Waals surface area contributed by atoms with Gasteiger partial charge in [-0.05, 0) is 12.1 Å². The molecule has 1 aromatic carbocycles. The highest BCUT2D eigenvalue weighted by Crippen LogP contribution is 2.16. The number of hydrogen-bond donors (Lipinski definition) is 1. The maximum absolute atomic E-state index is 10.3. The molecule has 0 saturated carbocycles. The van der Waals surface area contributed by atoms with Crippen molar-refractivity contribution >= 4 is 12.1 Å². The van der Waals surface area contributed by atoms with Crippen LogP contribution >= 0.6 is 0 Å². The number of nitro benzene ring substituents is 1. The SMILES string of the molecule is CC.O=CNCOc1ccc([N+](=O)[O-])cc1. The fourth-order valence-electron chi connectivity index (χ4n) is 0.823. The molecule has 0 radical (unpaired) electrons. The van der Waals surface area contributed by atoms with Crippen LogP contribution in [-0.4, -0.2) is 18.1 Å². The van der Waals surface area contributed by atoms with E-state index >= 15 is 0 Å². The Bertz CT molecular complexity index is 324. The Labute approximate surface area is 93.4 Å². The summed E-state index contributed by atoms with van der Waals surface area (Å²) < 4.78 is 5.02. The van der Waals surface area contributed by atoms with Crippen LogP contribution in [0.25, 0.3) is 0 Å². The van der Waals surface area contributed by atoms with E-state index in [4.69, 9.17) is 4.74 Å². The summed E-state index contributed by atoms with van der Waals surface area (Å²) >= 11 is 0. The minimum atomic E-state index is -0.493. The van der Waals surface area contributed by atoms with Gasteiger partial charge in [0.25, 0.3) is 5.69 Å². The molecule has 0 fully saturated rings. The molecule has 1 amide bonds. The summed E-state index contributed by atoms with van der Waals surface area (Å²) in [6.07, 6.45) is 0.505. The number of benzene rings is 1. The van der Waals surface area contributed by atoms with Gasteiger partial charge in [-0.3, -0.25) is 14.9 Å². The number of hydrogen-bond acceptors (Lipinski definition) is 4. The van der Waals surface area contributed by atoms with E-state index in [9.17, 15) is 14.9 Å². The number of ether oxygens (including phenoxy) is 1. The van der Waals surface area contributed by atoms with E-state index in [0.29, 0.717) is 12.2 Å². The van der Waals surface area contributed by atoms with Gasteiger partial charge in [0.15, 0.2) is 6.73 Å². The molecule has 0 spiro atoms. The van der Waals surface area contributed by atoms with Gasteiger partial charge < -0.3 is 10.1 Å². The van der Waals surface area contributed by atoms with E-state index < -0.39 is 4.92 Å². The summed E-state index contributed by atoms with van der Waals surface area (Å²) in [5, 5.41) is 12.6. The molecule has 1 N–H and O–H groups in total. The second kappa shape index (κ2) is 8.22. The normalized spacial score (nSPS) is 8.38. The molecule has 0 aromatic heterocycles. The van der Waals surface area contributed by atoms with Crippen molar-refractivity contribution in [3.8, 4) is 5.75 Å². The topological polar surface area (TPSA) is 81.5 Å². The first-order valence-corrected chi connectivity index (χ1v) is 4.78. The Hall–Kier alpha value is -2.11. The number of non-ortho nitro benzene ring substituents is 1. The number of rotatable bonds is 5. The third-order valence-electron chi connectivity index (χ3n) is 1.45. The monoisotopic (exact) mass is 226 g/mol. The average Bonchev–Trinajstić information content (AvgIpc) is 2.33. The zero-order valence-electron chi connectivity index (χ0n) is 9.17. The van der Waals surface area contributed by atoms with Gasteiger partial charge in [0.1, 0.15) is 5.75 Å². The number of amides is 1. The highest BCUT2D eigenvalue weighted by molar-refractivity contribution is 5.45. The molecule has 6 heteroatoms. The van der Waals surface area contributed by atoms with Crippen molar-refractivity contribution in [2.45, 2.75) is 13.8 Å². The zero-order valence-corrected chi connectivity index (χ0v) is 9.17. The van der Waals surface area contributed by atoms with Crippen molar-refractivity contribution in [3.05, 3.63) is 34.4 Å². The van der Waals surface area contributed by atoms with Crippen molar-refractivity contribution in [1.29, 1.82) is 0 Å². The molecule has 0 heterocycles. The summed E-state index contributed by atoms with van der Waals surface area (Å²) in [7, 11) is 0. The van der Waals surface area contributed by atoms with Crippen LogP contribution in [0.1, 0.15) is 13.8 Å². The first-order valence-electron chi connectivity index (χ1n) is 4.78. The van der Waals surface area contributed by atoms with E-state index in [1.54, 1.807) is 0 Å². The van der Waals surface area contributed by atoms with Crippen LogP contribution in [0.5, 0.6) is 5.75 Å². The first kappa shape index (κ1) is 13.9. The molecule has 1 aromatic rings. The third kappa shape index (κ3) is 4.94. The molecule has 88 valence electrons. The van der Waals surface area contributed by atoms with E-state index in [2.05, 4.69) is 5.32 Å². The van der Waals surface area contributed by atoms with Gasteiger partial charge in [0.05, 0.1) is 4.92 Å². The van der Waals surface area contributed by atoms with E-state index in [-0.39, 0.29) is 12.4 Å². The van der Waals surface area contributed by atoms with Crippen LogP contribution in [0.2, 0.25) is 0 Å². The van der Waals surface area contributed by atoms with Crippen LogP contribution in [-0.2, 0) is 4.79 Å². The van der Waals surface area contributed by atoms with Crippen molar-refractivity contribution in [3.63, 3.8) is 0 Å². The molecule has 0 aliphatic rings. The number of nitrogens with zero attached hydrogens (tertiary/aromatic N) is 1. The van der Waals surface area contributed by atoms with Crippen LogP contribution in [0.3, 0.4) is 0 Å². The predicted molar refractivity (Wildman–Crippen MR) is 59.1 cm³/mol. The molecular formula is C10H14N2O4. The van der Waals surface area contributed by atoms with Crippen LogP contribution in [0.4, 0.5) is 5.69 Å². The van der Waals surface area contributed by atoms with Gasteiger partial charge in [-0.25, -0.2) is 0 Å². The highest BCUT2D eigenvalue weighted by atomic mass is 16.6. The summed E-state index contributed by atoms with van der Waals surface area (Å²) in [5.41, 5.74) is 0.000645. The molecule has 6 nitrogen and oxygen atoms in total. The second-order valence-corrected chi connectivity index (χ2v) is 2.36. The van der Waals surface area contributed by atoms with Gasteiger partial charge in [-0.15, -0.1) is 0 Å². The van der Waals surface area contributed by atoms with Gasteiger partial charge in [0.2, 0.25) is 6.41 Å². The maximum atomic E-state index is 10.3. The van der Waals surface area contributed by atoms with E-state index in [1.807, 2.05) is 13.8 Å². The fraction of sp³-hybridized carbons (Fsp3) is 0.300. The van der Waals surface area contributed by atoms with Gasteiger partial charge in [-0.2, -0.15) is 0 Å². The molecule has 0 atom stereocenters. The molecular weight excluding hydrogens is 212 g/mol. The lowest BCUT2D eigenvalue weighted by atomic mass is 10.3. The Morgan fingerprint density at radius 3 is 2.38 bits per heavy atom. The summed E-state index contributed by atoms with van der Waals surface area (Å²) in [6.45, 7) is 4.04. The molecule has 16 heavy (non-hydrogen) atoms. The van der Waals surface area contributed by atoms with Crippen molar-refractivity contribution in [1.82, 2.24) is 5.32 Å². The summed E-state index contributed by atoms with van der Waals surface area (Å²) in [6, 6.07) is 5.59. The summed E-state index contributed by atoms with van der Waals surface area (Å²) in [4.78, 5) is 19.6. The molecule has 0 aliphatic carbocycles. The third-order valence-corrected chi connectivity index (χ3v) is 1.45.